The van der Waals surface area contributed by atoms with Crippen LogP contribution in [0.1, 0.15) is 32.3 Å². The smallest absolute Gasteiger partial charge is 0.170 e. The average Bonchev–Trinajstić information content (AvgIpc) is 2.33. The molecule has 0 amide bonds. The Hall–Kier alpha value is -0.830. The highest BCUT2D eigenvalue weighted by molar-refractivity contribution is 6.17. The van der Waals surface area contributed by atoms with Crippen LogP contribution in [0.2, 0.25) is 0 Å². The van der Waals surface area contributed by atoms with E-state index in [0.29, 0.717) is 23.3 Å². The quantitative estimate of drug-likeness (QED) is 0.752. The van der Waals surface area contributed by atoms with Crippen molar-refractivity contribution in [3.63, 3.8) is 0 Å². The van der Waals surface area contributed by atoms with Crippen LogP contribution < -0.4 is 4.90 Å². The minimum atomic E-state index is -0.261. The van der Waals surface area contributed by atoms with Crippen LogP contribution in [0.3, 0.4) is 0 Å². The van der Waals surface area contributed by atoms with Gasteiger partial charge in [-0.1, -0.05) is 6.92 Å². The topological polar surface area (TPSA) is 16.1 Å². The zero-order chi connectivity index (χ0) is 12.4. The highest BCUT2D eigenvalue weighted by atomic mass is 35.5. The standard InChI is InChI=1S/C13H18ClFN2/c1-9-3-4-10(2)17(8-9)13-12(15)11(7-14)5-6-16-13/h5-6,9-10H,3-4,7-8H2,1-2H3. The number of anilines is 1. The van der Waals surface area contributed by atoms with Crippen LogP contribution in [-0.4, -0.2) is 17.6 Å². The number of hydrogen-bond donors (Lipinski definition) is 0. The van der Waals surface area contributed by atoms with Crippen molar-refractivity contribution >= 4 is 17.4 Å². The second kappa shape index (κ2) is 5.21. The van der Waals surface area contributed by atoms with Crippen LogP contribution in [-0.2, 0) is 5.88 Å². The Morgan fingerprint density at radius 3 is 2.94 bits per heavy atom. The molecule has 1 aromatic rings. The first-order chi connectivity index (χ1) is 8.13. The Kier molecular flexibility index (Phi) is 3.87. The first kappa shape index (κ1) is 12.6. The Bertz CT molecular complexity index is 397. The van der Waals surface area contributed by atoms with Gasteiger partial charge in [0, 0.05) is 24.3 Å². The van der Waals surface area contributed by atoms with Crippen LogP contribution in [0, 0.1) is 11.7 Å². The molecule has 1 aliphatic rings. The number of aromatic nitrogens is 1. The van der Waals surface area contributed by atoms with Gasteiger partial charge in [-0.05, 0) is 31.7 Å². The summed E-state index contributed by atoms with van der Waals surface area (Å²) in [6, 6.07) is 1.99. The van der Waals surface area contributed by atoms with Crippen molar-refractivity contribution in [1.29, 1.82) is 0 Å². The van der Waals surface area contributed by atoms with Crippen LogP contribution in [0.4, 0.5) is 10.2 Å². The van der Waals surface area contributed by atoms with E-state index in [9.17, 15) is 4.39 Å². The molecule has 1 saturated heterocycles. The maximum Gasteiger partial charge on any atom is 0.170 e. The number of hydrogen-bond acceptors (Lipinski definition) is 2. The first-order valence-corrected chi connectivity index (χ1v) is 6.63. The minimum absolute atomic E-state index is 0.194. The molecule has 0 N–H and O–H groups in total. The van der Waals surface area contributed by atoms with Crippen molar-refractivity contribution in [3.8, 4) is 0 Å². The summed E-state index contributed by atoms with van der Waals surface area (Å²) in [5, 5.41) is 0. The molecule has 2 unspecified atom stereocenters. The van der Waals surface area contributed by atoms with Crippen molar-refractivity contribution in [3.05, 3.63) is 23.6 Å². The Morgan fingerprint density at radius 2 is 2.24 bits per heavy atom. The molecule has 2 heterocycles. The van der Waals surface area contributed by atoms with Gasteiger partial charge in [-0.2, -0.15) is 0 Å². The monoisotopic (exact) mass is 256 g/mol. The van der Waals surface area contributed by atoms with E-state index in [4.69, 9.17) is 11.6 Å². The molecule has 17 heavy (non-hydrogen) atoms. The maximum atomic E-state index is 14.2. The number of alkyl halides is 1. The van der Waals surface area contributed by atoms with E-state index in [1.807, 2.05) is 0 Å². The summed E-state index contributed by atoms with van der Waals surface area (Å²) in [5.74, 6) is 0.983. The SMILES string of the molecule is CC1CCC(C)N(c2nccc(CCl)c2F)C1. The van der Waals surface area contributed by atoms with Gasteiger partial charge in [-0.15, -0.1) is 11.6 Å². The van der Waals surface area contributed by atoms with Gasteiger partial charge in [0.05, 0.1) is 5.88 Å². The van der Waals surface area contributed by atoms with Crippen LogP contribution >= 0.6 is 11.6 Å². The molecule has 0 saturated carbocycles. The third kappa shape index (κ3) is 2.54. The number of piperidine rings is 1. The lowest BCUT2D eigenvalue weighted by Gasteiger charge is -2.37. The average molecular weight is 257 g/mol. The molecule has 2 rings (SSSR count). The second-order valence-electron chi connectivity index (χ2n) is 4.93. The lowest BCUT2D eigenvalue weighted by Crippen LogP contribution is -2.42. The molecule has 2 nitrogen and oxygen atoms in total. The molecule has 1 aromatic heterocycles. The zero-order valence-corrected chi connectivity index (χ0v) is 11.0. The number of halogens is 2. The number of nitrogens with zero attached hydrogens (tertiary/aromatic N) is 2. The summed E-state index contributed by atoms with van der Waals surface area (Å²) in [6.45, 7) is 5.19. The molecule has 0 aromatic carbocycles. The molecule has 94 valence electrons. The van der Waals surface area contributed by atoms with E-state index in [2.05, 4.69) is 23.7 Å². The molecule has 2 atom stereocenters. The Balaban J connectivity index is 2.32. The number of rotatable bonds is 2. The van der Waals surface area contributed by atoms with E-state index in [1.165, 1.54) is 6.42 Å². The van der Waals surface area contributed by atoms with Gasteiger partial charge >= 0.3 is 0 Å². The molecule has 0 spiro atoms. The molecule has 0 radical (unpaired) electrons. The van der Waals surface area contributed by atoms with Crippen molar-refractivity contribution < 1.29 is 4.39 Å². The number of pyridine rings is 1. The van der Waals surface area contributed by atoms with Gasteiger partial charge in [0.25, 0.3) is 0 Å². The third-order valence-corrected chi connectivity index (χ3v) is 3.77. The fraction of sp³-hybridized carbons (Fsp3) is 0.615. The van der Waals surface area contributed by atoms with Gasteiger partial charge < -0.3 is 4.90 Å². The summed E-state index contributed by atoms with van der Waals surface area (Å²) in [5.41, 5.74) is 0.530. The Labute approximate surface area is 107 Å². The largest absolute Gasteiger partial charge is 0.351 e. The predicted molar refractivity (Wildman–Crippen MR) is 69.0 cm³/mol. The first-order valence-electron chi connectivity index (χ1n) is 6.09. The van der Waals surface area contributed by atoms with E-state index >= 15 is 0 Å². The molecule has 0 bridgehead atoms. The second-order valence-corrected chi connectivity index (χ2v) is 5.19. The van der Waals surface area contributed by atoms with Crippen LogP contribution in [0.5, 0.6) is 0 Å². The van der Waals surface area contributed by atoms with Gasteiger partial charge in [0.15, 0.2) is 11.6 Å². The van der Waals surface area contributed by atoms with Crippen LogP contribution in [0.25, 0.3) is 0 Å². The molecule has 4 heteroatoms. The van der Waals surface area contributed by atoms with E-state index in [-0.39, 0.29) is 11.7 Å². The highest BCUT2D eigenvalue weighted by Gasteiger charge is 2.26. The lowest BCUT2D eigenvalue weighted by molar-refractivity contribution is 0.383. The highest BCUT2D eigenvalue weighted by Crippen LogP contribution is 2.29. The summed E-state index contributed by atoms with van der Waals surface area (Å²) in [4.78, 5) is 6.26. The van der Waals surface area contributed by atoms with E-state index < -0.39 is 0 Å². The maximum absolute atomic E-state index is 14.2. The van der Waals surface area contributed by atoms with Gasteiger partial charge in [-0.3, -0.25) is 0 Å². The third-order valence-electron chi connectivity index (χ3n) is 3.48. The fourth-order valence-electron chi connectivity index (χ4n) is 2.36. The summed E-state index contributed by atoms with van der Waals surface area (Å²) in [7, 11) is 0. The minimum Gasteiger partial charge on any atom is -0.351 e. The molecule has 1 fully saturated rings. The van der Waals surface area contributed by atoms with Crippen molar-refractivity contribution in [2.24, 2.45) is 5.92 Å². The van der Waals surface area contributed by atoms with E-state index in [1.54, 1.807) is 12.3 Å². The summed E-state index contributed by atoms with van der Waals surface area (Å²) in [6.07, 6.45) is 3.93. The fourth-order valence-corrected chi connectivity index (χ4v) is 2.56. The summed E-state index contributed by atoms with van der Waals surface area (Å²) >= 11 is 5.72. The molecule has 1 aliphatic heterocycles. The van der Waals surface area contributed by atoms with Crippen molar-refractivity contribution in [2.75, 3.05) is 11.4 Å². The zero-order valence-electron chi connectivity index (χ0n) is 10.3. The lowest BCUT2D eigenvalue weighted by atomic mass is 9.95. The molecular formula is C13H18ClFN2. The van der Waals surface area contributed by atoms with Gasteiger partial charge in [-0.25, -0.2) is 9.37 Å². The molecule has 0 aliphatic carbocycles. The van der Waals surface area contributed by atoms with Gasteiger partial charge in [0.1, 0.15) is 0 Å². The van der Waals surface area contributed by atoms with Gasteiger partial charge in [0.2, 0.25) is 0 Å². The predicted octanol–water partition coefficient (Wildman–Crippen LogP) is 3.58. The molecular weight excluding hydrogens is 239 g/mol. The summed E-state index contributed by atoms with van der Waals surface area (Å²) < 4.78 is 14.2. The van der Waals surface area contributed by atoms with Crippen molar-refractivity contribution in [2.45, 2.75) is 38.6 Å². The Morgan fingerprint density at radius 1 is 1.47 bits per heavy atom. The normalized spacial score (nSPS) is 25.1. The van der Waals surface area contributed by atoms with Crippen molar-refractivity contribution in [1.82, 2.24) is 4.98 Å². The van der Waals surface area contributed by atoms with Crippen LogP contribution in [0.15, 0.2) is 12.3 Å². The van der Waals surface area contributed by atoms with E-state index in [0.717, 1.165) is 13.0 Å².